The molecule has 1 aromatic carbocycles. The van der Waals surface area contributed by atoms with Crippen molar-refractivity contribution in [1.29, 1.82) is 5.26 Å². The fourth-order valence-corrected chi connectivity index (χ4v) is 1.64. The van der Waals surface area contributed by atoms with Crippen LogP contribution in [-0.2, 0) is 11.8 Å². The number of hydrogen-bond acceptors (Lipinski definition) is 2. The zero-order valence-corrected chi connectivity index (χ0v) is 10.5. The maximum atomic E-state index is 8.74. The molecule has 86 valence electrons. The van der Waals surface area contributed by atoms with Gasteiger partial charge >= 0.3 is 0 Å². The normalized spacial score (nSPS) is 13.2. The highest BCUT2D eigenvalue weighted by Crippen LogP contribution is 2.24. The second-order valence-corrected chi connectivity index (χ2v) is 5.33. The van der Waals surface area contributed by atoms with Crippen LogP contribution in [-0.4, -0.2) is 6.04 Å². The molecule has 1 rings (SSSR count). The van der Waals surface area contributed by atoms with Gasteiger partial charge in [0.2, 0.25) is 0 Å². The topological polar surface area (TPSA) is 49.8 Å². The summed E-state index contributed by atoms with van der Waals surface area (Å²) < 4.78 is 0. The molecule has 0 amide bonds. The lowest BCUT2D eigenvalue weighted by atomic mass is 9.84. The van der Waals surface area contributed by atoms with Gasteiger partial charge in [-0.05, 0) is 29.0 Å². The number of aryl methyl sites for hydroxylation is 1. The SMILES string of the molecule is Cc1ccc(C(C)(C)C)cc1CC(N)C#N. The van der Waals surface area contributed by atoms with Crippen molar-refractivity contribution in [3.8, 4) is 6.07 Å². The van der Waals surface area contributed by atoms with Crippen molar-refractivity contribution in [3.63, 3.8) is 0 Å². The molecule has 2 heteroatoms. The second kappa shape index (κ2) is 4.67. The van der Waals surface area contributed by atoms with E-state index in [2.05, 4.69) is 52.0 Å². The zero-order chi connectivity index (χ0) is 12.3. The Morgan fingerprint density at radius 1 is 1.38 bits per heavy atom. The van der Waals surface area contributed by atoms with Gasteiger partial charge in [-0.2, -0.15) is 5.26 Å². The van der Waals surface area contributed by atoms with Crippen molar-refractivity contribution in [1.82, 2.24) is 0 Å². The fraction of sp³-hybridized carbons (Fsp3) is 0.500. The third-order valence-corrected chi connectivity index (χ3v) is 2.82. The predicted octanol–water partition coefficient (Wildman–Crippen LogP) is 2.69. The average molecular weight is 216 g/mol. The summed E-state index contributed by atoms with van der Waals surface area (Å²) in [6.45, 7) is 8.62. The highest BCUT2D eigenvalue weighted by molar-refractivity contribution is 5.35. The number of rotatable bonds is 2. The summed E-state index contributed by atoms with van der Waals surface area (Å²) >= 11 is 0. The molecule has 0 aliphatic heterocycles. The van der Waals surface area contributed by atoms with Crippen LogP contribution in [0.4, 0.5) is 0 Å². The Hall–Kier alpha value is -1.33. The Balaban J connectivity index is 3.05. The molecule has 16 heavy (non-hydrogen) atoms. The van der Waals surface area contributed by atoms with Crippen LogP contribution in [0.2, 0.25) is 0 Å². The highest BCUT2D eigenvalue weighted by atomic mass is 14.6. The van der Waals surface area contributed by atoms with Crippen LogP contribution in [0.25, 0.3) is 0 Å². The molecule has 0 fully saturated rings. The molecule has 0 radical (unpaired) electrons. The first-order valence-electron chi connectivity index (χ1n) is 5.60. The van der Waals surface area contributed by atoms with Crippen molar-refractivity contribution in [2.75, 3.05) is 0 Å². The molecule has 0 aromatic heterocycles. The van der Waals surface area contributed by atoms with E-state index in [9.17, 15) is 0 Å². The quantitative estimate of drug-likeness (QED) is 0.826. The minimum Gasteiger partial charge on any atom is -0.316 e. The number of benzene rings is 1. The number of hydrogen-bond donors (Lipinski definition) is 1. The third kappa shape index (κ3) is 3.08. The summed E-state index contributed by atoms with van der Waals surface area (Å²) in [4.78, 5) is 0. The summed E-state index contributed by atoms with van der Waals surface area (Å²) in [5, 5.41) is 8.74. The molecule has 1 unspecified atom stereocenters. The van der Waals surface area contributed by atoms with Gasteiger partial charge in [0.1, 0.15) is 0 Å². The van der Waals surface area contributed by atoms with E-state index in [1.54, 1.807) is 0 Å². The maximum Gasteiger partial charge on any atom is 0.0968 e. The van der Waals surface area contributed by atoms with Crippen molar-refractivity contribution >= 4 is 0 Å². The molecule has 0 heterocycles. The molecule has 0 saturated carbocycles. The van der Waals surface area contributed by atoms with Crippen LogP contribution in [0.5, 0.6) is 0 Å². The van der Waals surface area contributed by atoms with Gasteiger partial charge in [-0.1, -0.05) is 39.0 Å². The molecule has 1 aromatic rings. The maximum absolute atomic E-state index is 8.74. The van der Waals surface area contributed by atoms with Gasteiger partial charge in [0, 0.05) is 6.42 Å². The largest absolute Gasteiger partial charge is 0.316 e. The summed E-state index contributed by atoms with van der Waals surface area (Å²) in [6.07, 6.45) is 0.631. The van der Waals surface area contributed by atoms with Crippen LogP contribution in [0, 0.1) is 18.3 Å². The lowest BCUT2D eigenvalue weighted by Gasteiger charge is -2.21. The van der Waals surface area contributed by atoms with E-state index in [1.807, 2.05) is 0 Å². The van der Waals surface area contributed by atoms with E-state index in [0.717, 1.165) is 0 Å². The Bertz CT molecular complexity index is 408. The summed E-state index contributed by atoms with van der Waals surface area (Å²) in [5.74, 6) is 0. The number of nitrogens with two attached hydrogens (primary N) is 1. The van der Waals surface area contributed by atoms with Gasteiger partial charge in [0.25, 0.3) is 0 Å². The van der Waals surface area contributed by atoms with Crippen LogP contribution in [0.15, 0.2) is 18.2 Å². The summed E-state index contributed by atoms with van der Waals surface area (Å²) in [5.41, 5.74) is 9.49. The smallest absolute Gasteiger partial charge is 0.0968 e. The Morgan fingerprint density at radius 3 is 2.50 bits per heavy atom. The predicted molar refractivity (Wildman–Crippen MR) is 67.2 cm³/mol. The van der Waals surface area contributed by atoms with Gasteiger partial charge in [-0.15, -0.1) is 0 Å². The Labute approximate surface area is 98.1 Å². The second-order valence-electron chi connectivity index (χ2n) is 5.33. The average Bonchev–Trinajstić information content (AvgIpc) is 2.19. The molecule has 0 saturated heterocycles. The molecule has 0 spiro atoms. The first-order valence-corrected chi connectivity index (χ1v) is 5.60. The number of nitriles is 1. The molecular weight excluding hydrogens is 196 g/mol. The fourth-order valence-electron chi connectivity index (χ4n) is 1.64. The van der Waals surface area contributed by atoms with Gasteiger partial charge < -0.3 is 5.73 Å². The van der Waals surface area contributed by atoms with Crippen LogP contribution < -0.4 is 5.73 Å². The standard InChI is InChI=1S/C14H20N2/c1-10-5-6-12(14(2,3)4)7-11(10)8-13(16)9-15/h5-7,13H,8,16H2,1-4H3. The molecule has 0 bridgehead atoms. The summed E-state index contributed by atoms with van der Waals surface area (Å²) in [6, 6.07) is 8.10. The molecular formula is C14H20N2. The minimum absolute atomic E-state index is 0.138. The van der Waals surface area contributed by atoms with E-state index in [4.69, 9.17) is 11.0 Å². The minimum atomic E-state index is -0.408. The van der Waals surface area contributed by atoms with Gasteiger partial charge in [0.05, 0.1) is 12.1 Å². The van der Waals surface area contributed by atoms with Gasteiger partial charge in [-0.25, -0.2) is 0 Å². The van der Waals surface area contributed by atoms with Gasteiger partial charge in [-0.3, -0.25) is 0 Å². The monoisotopic (exact) mass is 216 g/mol. The Morgan fingerprint density at radius 2 is 2.00 bits per heavy atom. The molecule has 0 aliphatic rings. The van der Waals surface area contributed by atoms with Gasteiger partial charge in [0.15, 0.2) is 0 Å². The summed E-state index contributed by atoms with van der Waals surface area (Å²) in [7, 11) is 0. The number of nitrogens with zero attached hydrogens (tertiary/aromatic N) is 1. The first kappa shape index (κ1) is 12.7. The first-order chi connectivity index (χ1) is 7.34. The highest BCUT2D eigenvalue weighted by Gasteiger charge is 2.15. The lowest BCUT2D eigenvalue weighted by molar-refractivity contribution is 0.588. The van der Waals surface area contributed by atoms with Crippen LogP contribution in [0.1, 0.15) is 37.5 Å². The van der Waals surface area contributed by atoms with E-state index in [-0.39, 0.29) is 5.41 Å². The third-order valence-electron chi connectivity index (χ3n) is 2.82. The molecule has 2 nitrogen and oxygen atoms in total. The van der Waals surface area contributed by atoms with Crippen LogP contribution in [0.3, 0.4) is 0 Å². The van der Waals surface area contributed by atoms with Crippen molar-refractivity contribution < 1.29 is 0 Å². The van der Waals surface area contributed by atoms with E-state index in [0.29, 0.717) is 6.42 Å². The molecule has 2 N–H and O–H groups in total. The van der Waals surface area contributed by atoms with E-state index in [1.165, 1.54) is 16.7 Å². The zero-order valence-electron chi connectivity index (χ0n) is 10.5. The van der Waals surface area contributed by atoms with Crippen molar-refractivity contribution in [2.24, 2.45) is 5.73 Å². The molecule has 1 atom stereocenters. The lowest BCUT2D eigenvalue weighted by Crippen LogP contribution is -2.21. The molecule has 0 aliphatic carbocycles. The van der Waals surface area contributed by atoms with Crippen molar-refractivity contribution in [2.45, 2.75) is 45.6 Å². The van der Waals surface area contributed by atoms with Crippen molar-refractivity contribution in [3.05, 3.63) is 34.9 Å². The Kier molecular flexibility index (Phi) is 3.72. The van der Waals surface area contributed by atoms with E-state index >= 15 is 0 Å². The van der Waals surface area contributed by atoms with E-state index < -0.39 is 6.04 Å². The van der Waals surface area contributed by atoms with Crippen LogP contribution >= 0.6 is 0 Å².